The first-order valence-electron chi connectivity index (χ1n) is 7.45. The molecule has 0 radical (unpaired) electrons. The molecule has 0 saturated carbocycles. The van der Waals surface area contributed by atoms with E-state index in [0.717, 1.165) is 55.2 Å². The standard InChI is InChI=1S/C16H21ClN2O2/c1-11(17)16-18-14-4-3-13(20-2)9-15(14)19(16)7-5-12-6-8-21-10-12/h3-4,9,11-12H,5-8,10H2,1-2H3. The average molecular weight is 309 g/mol. The van der Waals surface area contributed by atoms with E-state index in [-0.39, 0.29) is 5.38 Å². The Labute approximate surface area is 130 Å². The van der Waals surface area contributed by atoms with Crippen LogP contribution in [0.5, 0.6) is 5.75 Å². The molecule has 4 nitrogen and oxygen atoms in total. The Kier molecular flexibility index (Phi) is 4.36. The van der Waals surface area contributed by atoms with Crippen molar-refractivity contribution in [3.63, 3.8) is 0 Å². The number of hydrogen-bond acceptors (Lipinski definition) is 3. The van der Waals surface area contributed by atoms with Gasteiger partial charge in [-0.1, -0.05) is 0 Å². The largest absolute Gasteiger partial charge is 0.497 e. The Balaban J connectivity index is 1.93. The maximum atomic E-state index is 6.31. The SMILES string of the molecule is COc1ccc2nc(C(C)Cl)n(CCC3CCOC3)c2c1. The van der Waals surface area contributed by atoms with Crippen LogP contribution in [0.25, 0.3) is 11.0 Å². The monoisotopic (exact) mass is 308 g/mol. The molecule has 1 aromatic carbocycles. The van der Waals surface area contributed by atoms with Crippen LogP contribution in [-0.2, 0) is 11.3 Å². The first-order chi connectivity index (χ1) is 10.2. The Morgan fingerprint density at radius 2 is 2.38 bits per heavy atom. The van der Waals surface area contributed by atoms with Crippen LogP contribution in [0.1, 0.15) is 31.0 Å². The molecule has 5 heteroatoms. The summed E-state index contributed by atoms with van der Waals surface area (Å²) < 4.78 is 13.0. The molecule has 114 valence electrons. The molecule has 2 aromatic rings. The molecule has 0 spiro atoms. The van der Waals surface area contributed by atoms with Crippen LogP contribution in [0.3, 0.4) is 0 Å². The molecule has 1 aliphatic rings. The summed E-state index contributed by atoms with van der Waals surface area (Å²) in [6, 6.07) is 5.97. The number of fused-ring (bicyclic) bond motifs is 1. The molecule has 21 heavy (non-hydrogen) atoms. The van der Waals surface area contributed by atoms with Gasteiger partial charge in [0, 0.05) is 25.8 Å². The van der Waals surface area contributed by atoms with Crippen LogP contribution in [0.2, 0.25) is 0 Å². The molecular formula is C16H21ClN2O2. The van der Waals surface area contributed by atoms with E-state index in [2.05, 4.69) is 9.55 Å². The van der Waals surface area contributed by atoms with E-state index >= 15 is 0 Å². The number of rotatable bonds is 5. The van der Waals surface area contributed by atoms with Gasteiger partial charge in [-0.3, -0.25) is 0 Å². The summed E-state index contributed by atoms with van der Waals surface area (Å²) in [4.78, 5) is 4.68. The molecule has 0 aliphatic carbocycles. The molecule has 1 aromatic heterocycles. The summed E-state index contributed by atoms with van der Waals surface area (Å²) in [6.07, 6.45) is 2.25. The van der Waals surface area contributed by atoms with Gasteiger partial charge in [0.15, 0.2) is 0 Å². The zero-order valence-electron chi connectivity index (χ0n) is 12.5. The Hall–Kier alpha value is -1.26. The van der Waals surface area contributed by atoms with Crippen LogP contribution in [-0.4, -0.2) is 29.9 Å². The van der Waals surface area contributed by atoms with E-state index in [4.69, 9.17) is 21.1 Å². The zero-order chi connectivity index (χ0) is 14.8. The molecular weight excluding hydrogens is 288 g/mol. The topological polar surface area (TPSA) is 36.3 Å². The van der Waals surface area contributed by atoms with Gasteiger partial charge in [0.1, 0.15) is 11.6 Å². The Bertz CT molecular complexity index is 618. The summed E-state index contributed by atoms with van der Waals surface area (Å²) in [5.41, 5.74) is 2.07. The third-order valence-electron chi connectivity index (χ3n) is 4.13. The van der Waals surface area contributed by atoms with Crippen molar-refractivity contribution in [2.45, 2.75) is 31.7 Å². The number of halogens is 1. The number of imidazole rings is 1. The number of aryl methyl sites for hydroxylation is 1. The number of methoxy groups -OCH3 is 1. The Morgan fingerprint density at radius 1 is 1.52 bits per heavy atom. The smallest absolute Gasteiger partial charge is 0.127 e. The maximum Gasteiger partial charge on any atom is 0.127 e. The van der Waals surface area contributed by atoms with E-state index < -0.39 is 0 Å². The minimum Gasteiger partial charge on any atom is -0.497 e. The van der Waals surface area contributed by atoms with Crippen LogP contribution < -0.4 is 4.74 Å². The fourth-order valence-corrected chi connectivity index (χ4v) is 3.08. The number of hydrogen-bond donors (Lipinski definition) is 0. The molecule has 0 N–H and O–H groups in total. The lowest BCUT2D eigenvalue weighted by molar-refractivity contribution is 0.183. The molecule has 0 bridgehead atoms. The van der Waals surface area contributed by atoms with Crippen LogP contribution >= 0.6 is 11.6 Å². The van der Waals surface area contributed by atoms with Crippen molar-refractivity contribution in [3.05, 3.63) is 24.0 Å². The lowest BCUT2D eigenvalue weighted by Gasteiger charge is -2.13. The van der Waals surface area contributed by atoms with Crippen LogP contribution in [0.4, 0.5) is 0 Å². The summed E-state index contributed by atoms with van der Waals surface area (Å²) in [5, 5.41) is -0.108. The van der Waals surface area contributed by atoms with Crippen molar-refractivity contribution < 1.29 is 9.47 Å². The number of ether oxygens (including phenoxy) is 2. The summed E-state index contributed by atoms with van der Waals surface area (Å²) in [5.74, 6) is 2.42. The van der Waals surface area contributed by atoms with Gasteiger partial charge in [-0.05, 0) is 37.8 Å². The van der Waals surface area contributed by atoms with Crippen molar-refractivity contribution in [1.82, 2.24) is 9.55 Å². The third kappa shape index (κ3) is 3.01. The summed E-state index contributed by atoms with van der Waals surface area (Å²) in [7, 11) is 1.68. The quantitative estimate of drug-likeness (QED) is 0.789. The van der Waals surface area contributed by atoms with Crippen molar-refractivity contribution in [3.8, 4) is 5.75 Å². The third-order valence-corrected chi connectivity index (χ3v) is 4.32. The lowest BCUT2D eigenvalue weighted by Crippen LogP contribution is -2.09. The first kappa shape index (κ1) is 14.7. The predicted octanol–water partition coefficient (Wildman–Crippen LogP) is 3.77. The first-order valence-corrected chi connectivity index (χ1v) is 7.88. The minimum absolute atomic E-state index is 0.108. The highest BCUT2D eigenvalue weighted by atomic mass is 35.5. The number of benzene rings is 1. The van der Waals surface area contributed by atoms with Gasteiger partial charge in [0.05, 0.1) is 23.5 Å². The van der Waals surface area contributed by atoms with Gasteiger partial charge in [-0.2, -0.15) is 0 Å². The van der Waals surface area contributed by atoms with E-state index in [1.54, 1.807) is 7.11 Å². The van der Waals surface area contributed by atoms with Gasteiger partial charge in [0.25, 0.3) is 0 Å². The van der Waals surface area contributed by atoms with E-state index in [9.17, 15) is 0 Å². The fourth-order valence-electron chi connectivity index (χ4n) is 2.91. The zero-order valence-corrected chi connectivity index (χ0v) is 13.3. The molecule has 3 rings (SSSR count). The highest BCUT2D eigenvalue weighted by Crippen LogP contribution is 2.28. The van der Waals surface area contributed by atoms with Gasteiger partial charge in [-0.15, -0.1) is 11.6 Å². The van der Waals surface area contributed by atoms with E-state index in [1.807, 2.05) is 25.1 Å². The second-order valence-corrected chi connectivity index (χ2v) is 6.27. The van der Waals surface area contributed by atoms with Gasteiger partial charge < -0.3 is 14.0 Å². The lowest BCUT2D eigenvalue weighted by atomic mass is 10.1. The minimum atomic E-state index is -0.108. The highest BCUT2D eigenvalue weighted by Gasteiger charge is 2.19. The van der Waals surface area contributed by atoms with Crippen molar-refractivity contribution >= 4 is 22.6 Å². The van der Waals surface area contributed by atoms with E-state index in [1.165, 1.54) is 0 Å². The fraction of sp³-hybridized carbons (Fsp3) is 0.562. The van der Waals surface area contributed by atoms with Crippen molar-refractivity contribution in [2.24, 2.45) is 5.92 Å². The Morgan fingerprint density at radius 3 is 3.05 bits per heavy atom. The molecule has 1 saturated heterocycles. The molecule has 0 amide bonds. The average Bonchev–Trinajstić information content (AvgIpc) is 3.11. The van der Waals surface area contributed by atoms with Crippen molar-refractivity contribution in [2.75, 3.05) is 20.3 Å². The van der Waals surface area contributed by atoms with Gasteiger partial charge >= 0.3 is 0 Å². The highest BCUT2D eigenvalue weighted by molar-refractivity contribution is 6.20. The number of alkyl halides is 1. The van der Waals surface area contributed by atoms with Gasteiger partial charge in [0.2, 0.25) is 0 Å². The molecule has 1 aliphatic heterocycles. The summed E-state index contributed by atoms with van der Waals surface area (Å²) in [6.45, 7) is 4.66. The second kappa shape index (κ2) is 6.24. The molecule has 2 heterocycles. The summed E-state index contributed by atoms with van der Waals surface area (Å²) >= 11 is 6.31. The molecule has 1 fully saturated rings. The number of aromatic nitrogens is 2. The van der Waals surface area contributed by atoms with Crippen molar-refractivity contribution in [1.29, 1.82) is 0 Å². The maximum absolute atomic E-state index is 6.31. The van der Waals surface area contributed by atoms with Crippen LogP contribution in [0.15, 0.2) is 18.2 Å². The normalized spacial score (nSPS) is 20.0. The molecule has 2 atom stereocenters. The van der Waals surface area contributed by atoms with Gasteiger partial charge in [-0.25, -0.2) is 4.98 Å². The predicted molar refractivity (Wildman–Crippen MR) is 84.1 cm³/mol. The number of nitrogens with zero attached hydrogens (tertiary/aromatic N) is 2. The second-order valence-electron chi connectivity index (χ2n) is 5.61. The van der Waals surface area contributed by atoms with Crippen LogP contribution in [0, 0.1) is 5.92 Å². The van der Waals surface area contributed by atoms with E-state index in [0.29, 0.717) is 5.92 Å². The molecule has 2 unspecified atom stereocenters.